The lowest BCUT2D eigenvalue weighted by Crippen LogP contribution is -2.31. The minimum Gasteiger partial charge on any atom is -0.493 e. The number of nitrogens with one attached hydrogen (secondary N) is 1. The van der Waals surface area contributed by atoms with Crippen molar-refractivity contribution in [1.82, 2.24) is 30.1 Å². The smallest absolute Gasteiger partial charge is 0.310 e. The van der Waals surface area contributed by atoms with Gasteiger partial charge in [0, 0.05) is 80.3 Å². The van der Waals surface area contributed by atoms with E-state index in [1.165, 1.54) is 48.5 Å². The topological polar surface area (TPSA) is 177 Å². The molecule has 3 aliphatic heterocycles. The maximum atomic E-state index is 12.3. The first-order chi connectivity index (χ1) is 50.8. The molecule has 0 spiro atoms. The van der Waals surface area contributed by atoms with Gasteiger partial charge in [0.05, 0.1) is 63.0 Å². The minimum absolute atomic E-state index is 0.0845. The summed E-state index contributed by atoms with van der Waals surface area (Å²) >= 11 is 0. The predicted molar refractivity (Wildman–Crippen MR) is 405 cm³/mol. The number of esters is 2. The third kappa shape index (κ3) is 20.7. The molecule has 11 aromatic rings. The summed E-state index contributed by atoms with van der Waals surface area (Å²) in [5.74, 6) is 7.41. The maximum Gasteiger partial charge on any atom is 0.310 e. The second kappa shape index (κ2) is 36.7. The van der Waals surface area contributed by atoms with E-state index in [1.807, 2.05) is 148 Å². The lowest BCUT2D eigenvalue weighted by atomic mass is 9.99. The zero-order chi connectivity index (χ0) is 72.0. The molecule has 3 saturated heterocycles. The highest BCUT2D eigenvalue weighted by atomic mass is 16.5. The molecule has 3 aromatic heterocycles. The van der Waals surface area contributed by atoms with E-state index in [2.05, 4.69) is 134 Å². The number of ether oxygens (including phenoxy) is 5. The number of aryl methyl sites for hydroxylation is 3. The van der Waals surface area contributed by atoms with Crippen LogP contribution in [0.25, 0.3) is 34.4 Å². The fourth-order valence-corrected chi connectivity index (χ4v) is 14.2. The second-order valence-corrected chi connectivity index (χ2v) is 27.5. The molecule has 0 unspecified atom stereocenters. The SMILES string of the molecule is COC(=O)[C@@H]1C[C@@H](Cc2ccc(OCCc3nc(-c4ccccc4)oc3C)cc2)N(Cc2ccccc2)C1.COC(=O)[C@H]1C[C@@H](Cc2ccc(OCCc3nc(-c4ccccc4)oc3C)cc2)N(Cc2ccccc2)C1.Cc1oc(-c2ccccc2)nc1CCOc1ccc(C[C@H]2C[C@@H](C)CN2)cc1. The van der Waals surface area contributed by atoms with E-state index in [0.29, 0.717) is 56.4 Å². The number of likely N-dealkylation sites (tertiary alicyclic amines) is 2. The first kappa shape index (κ1) is 73.4. The van der Waals surface area contributed by atoms with Gasteiger partial charge in [0.1, 0.15) is 34.5 Å². The van der Waals surface area contributed by atoms with Gasteiger partial charge >= 0.3 is 11.9 Å². The van der Waals surface area contributed by atoms with Crippen molar-refractivity contribution in [3.8, 4) is 51.6 Å². The summed E-state index contributed by atoms with van der Waals surface area (Å²) in [6.07, 6.45) is 7.80. The number of nitrogens with zero attached hydrogens (tertiary/aromatic N) is 5. The van der Waals surface area contributed by atoms with Gasteiger partial charge in [-0.2, -0.15) is 0 Å². The van der Waals surface area contributed by atoms with Crippen LogP contribution in [0.15, 0.2) is 238 Å². The van der Waals surface area contributed by atoms with Crippen LogP contribution in [0.2, 0.25) is 0 Å². The molecule has 3 fully saturated rings. The number of aromatic nitrogens is 3. The van der Waals surface area contributed by atoms with E-state index in [4.69, 9.17) is 36.9 Å². The van der Waals surface area contributed by atoms with Crippen LogP contribution < -0.4 is 19.5 Å². The summed E-state index contributed by atoms with van der Waals surface area (Å²) in [5.41, 5.74) is 12.1. The van der Waals surface area contributed by atoms with Gasteiger partial charge < -0.3 is 42.3 Å². The van der Waals surface area contributed by atoms with Gasteiger partial charge in [0.2, 0.25) is 17.7 Å². The number of benzene rings is 8. The normalized spacial score (nSPS) is 17.9. The molecule has 6 heterocycles. The Hall–Kier alpha value is -10.4. The van der Waals surface area contributed by atoms with Gasteiger partial charge in [0.25, 0.3) is 0 Å². The summed E-state index contributed by atoms with van der Waals surface area (Å²) in [5, 5.41) is 3.59. The Morgan fingerprint density at radius 3 is 1.04 bits per heavy atom. The first-order valence-electron chi connectivity index (χ1n) is 36.5. The number of carbonyl (C=O) groups excluding carboxylic acids is 2. The molecular formula is C88H96N6O10. The molecule has 1 N–H and O–H groups in total. The molecule has 0 radical (unpaired) electrons. The Morgan fingerprint density at radius 1 is 0.413 bits per heavy atom. The van der Waals surface area contributed by atoms with Gasteiger partial charge in [-0.05, 0) is 172 Å². The van der Waals surface area contributed by atoms with E-state index < -0.39 is 0 Å². The summed E-state index contributed by atoms with van der Waals surface area (Å²) in [7, 11) is 2.95. The van der Waals surface area contributed by atoms with Crippen LogP contribution in [0.5, 0.6) is 17.2 Å². The largest absolute Gasteiger partial charge is 0.493 e. The van der Waals surface area contributed by atoms with Crippen LogP contribution in [-0.4, -0.2) is 108 Å². The summed E-state index contributed by atoms with van der Waals surface area (Å²) in [6, 6.07) is 76.9. The molecule has 0 amide bonds. The molecule has 0 bridgehead atoms. The Balaban J connectivity index is 0.000000149. The molecular weight excluding hydrogens is 1300 g/mol. The number of hydrogen-bond acceptors (Lipinski definition) is 16. The van der Waals surface area contributed by atoms with Crippen molar-refractivity contribution in [3.05, 3.63) is 287 Å². The molecule has 6 atom stereocenters. The van der Waals surface area contributed by atoms with Crippen LogP contribution in [0.1, 0.15) is 88.4 Å². The third-order valence-electron chi connectivity index (χ3n) is 19.8. The van der Waals surface area contributed by atoms with E-state index in [9.17, 15) is 9.59 Å². The Labute approximate surface area is 611 Å². The van der Waals surface area contributed by atoms with Crippen molar-refractivity contribution in [1.29, 1.82) is 0 Å². The van der Waals surface area contributed by atoms with E-state index >= 15 is 0 Å². The third-order valence-corrected chi connectivity index (χ3v) is 19.8. The molecule has 8 aromatic carbocycles. The summed E-state index contributed by atoms with van der Waals surface area (Å²) < 4.78 is 45.6. The van der Waals surface area contributed by atoms with Gasteiger partial charge in [-0.3, -0.25) is 19.4 Å². The molecule has 3 aliphatic rings. The van der Waals surface area contributed by atoms with Gasteiger partial charge in [-0.1, -0.05) is 159 Å². The molecule has 16 heteroatoms. The fourth-order valence-electron chi connectivity index (χ4n) is 14.2. The number of methoxy groups -OCH3 is 2. The average Bonchev–Trinajstić information content (AvgIpc) is 1.64. The molecule has 16 nitrogen and oxygen atoms in total. The average molecular weight is 1400 g/mol. The highest BCUT2D eigenvalue weighted by molar-refractivity contribution is 5.73. The van der Waals surface area contributed by atoms with Crippen LogP contribution in [0, 0.1) is 38.5 Å². The zero-order valence-corrected chi connectivity index (χ0v) is 60.7. The van der Waals surface area contributed by atoms with E-state index in [0.717, 1.165) is 145 Å². The van der Waals surface area contributed by atoms with Crippen molar-refractivity contribution in [2.24, 2.45) is 17.8 Å². The fraction of sp³-hybridized carbons (Fsp3) is 0.330. The van der Waals surface area contributed by atoms with Gasteiger partial charge in [0.15, 0.2) is 0 Å². The number of oxazole rings is 3. The lowest BCUT2D eigenvalue weighted by molar-refractivity contribution is -0.145. The van der Waals surface area contributed by atoms with E-state index in [1.54, 1.807) is 0 Å². The number of carbonyl (C=O) groups is 2. The van der Waals surface area contributed by atoms with Crippen molar-refractivity contribution in [2.75, 3.05) is 53.7 Å². The highest BCUT2D eigenvalue weighted by Gasteiger charge is 2.38. The van der Waals surface area contributed by atoms with Crippen molar-refractivity contribution in [2.45, 2.75) is 117 Å². The second-order valence-electron chi connectivity index (χ2n) is 27.5. The number of rotatable bonds is 27. The molecule has 0 aliphatic carbocycles. The quantitative estimate of drug-likeness (QED) is 0.0481. The number of hydrogen-bond donors (Lipinski definition) is 1. The Kier molecular flexibility index (Phi) is 25.9. The van der Waals surface area contributed by atoms with Gasteiger partial charge in [-0.15, -0.1) is 0 Å². The lowest BCUT2D eigenvalue weighted by Gasteiger charge is -2.24. The standard InChI is InChI=1S/2C32H34N2O4.C24H28N2O2/c2*1-23-30(33-31(38-23)26-11-7-4-8-12-26)17-18-37-29-15-13-24(14-16-29)19-28-20-27(32(35)36-2)22-34(28)21-25-9-5-3-6-10-25;1-17-14-21(25-16-17)15-19-8-10-22(11-9-19)27-13-12-23-18(2)28-24(26-23)20-6-4-3-5-7-20/h2*3-16,27-28H,17-22H2,1-2H3;3-11,17,21,25H,12-16H2,1-2H3/t27-,28+;27-,28-;17-,21-/m011/s1. The van der Waals surface area contributed by atoms with Crippen LogP contribution in [-0.2, 0) is 70.7 Å². The summed E-state index contributed by atoms with van der Waals surface area (Å²) in [4.78, 5) is 43.3. The predicted octanol–water partition coefficient (Wildman–Crippen LogP) is 16.6. The van der Waals surface area contributed by atoms with E-state index in [-0.39, 0.29) is 35.9 Å². The highest BCUT2D eigenvalue weighted by Crippen LogP contribution is 2.33. The molecule has 538 valence electrons. The zero-order valence-electron chi connectivity index (χ0n) is 60.7. The Bertz CT molecular complexity index is 4210. The Morgan fingerprint density at radius 2 is 0.731 bits per heavy atom. The maximum absolute atomic E-state index is 12.3. The molecule has 104 heavy (non-hydrogen) atoms. The minimum atomic E-state index is -0.118. The summed E-state index contributed by atoms with van der Waals surface area (Å²) in [6.45, 7) is 14.0. The first-order valence-corrected chi connectivity index (χ1v) is 36.5. The molecule has 14 rings (SSSR count). The van der Waals surface area contributed by atoms with Crippen LogP contribution >= 0.6 is 0 Å². The van der Waals surface area contributed by atoms with Crippen molar-refractivity contribution < 1.29 is 46.5 Å². The monoisotopic (exact) mass is 1400 g/mol. The van der Waals surface area contributed by atoms with Crippen molar-refractivity contribution >= 4 is 11.9 Å². The van der Waals surface area contributed by atoms with Crippen LogP contribution in [0.4, 0.5) is 0 Å². The molecule has 0 saturated carbocycles. The van der Waals surface area contributed by atoms with Crippen molar-refractivity contribution in [3.63, 3.8) is 0 Å². The van der Waals surface area contributed by atoms with Crippen LogP contribution in [0.3, 0.4) is 0 Å². The van der Waals surface area contributed by atoms with Gasteiger partial charge in [-0.25, -0.2) is 15.0 Å².